The van der Waals surface area contributed by atoms with Gasteiger partial charge in [0.05, 0.1) is 17.3 Å². The van der Waals surface area contributed by atoms with Crippen molar-refractivity contribution < 1.29 is 4.79 Å². The molecule has 0 aliphatic carbocycles. The average Bonchev–Trinajstić information content (AvgIpc) is 3.11. The molecule has 4 rings (SSSR count). The largest absolute Gasteiger partial charge is 0.331 e. The molecular formula is C27H37N5O. The zero-order valence-electron chi connectivity index (χ0n) is 20.9. The molecule has 0 spiro atoms. The van der Waals surface area contributed by atoms with E-state index in [0.29, 0.717) is 5.82 Å². The molecule has 6 nitrogen and oxygen atoms in total. The number of carbonyl (C=O) groups excluding carboxylic acids is 1. The van der Waals surface area contributed by atoms with E-state index < -0.39 is 0 Å². The molecule has 0 bridgehead atoms. The lowest BCUT2D eigenvalue weighted by atomic mass is 9.75. The van der Waals surface area contributed by atoms with Crippen molar-refractivity contribution in [3.8, 4) is 11.3 Å². The van der Waals surface area contributed by atoms with Crippen LogP contribution in [0.1, 0.15) is 52.8 Å². The quantitative estimate of drug-likeness (QED) is 0.567. The SMILES string of the molecule is CCC1(C(=O)Nc2cc3cc(-c4cnc(C)n4C)ccc3cn2)CCN(CC(C)(C)C)CC1. The summed E-state index contributed by atoms with van der Waals surface area (Å²) < 4.78 is 2.09. The van der Waals surface area contributed by atoms with Crippen LogP contribution in [0.5, 0.6) is 0 Å². The zero-order valence-corrected chi connectivity index (χ0v) is 20.9. The first kappa shape index (κ1) is 23.4. The van der Waals surface area contributed by atoms with Gasteiger partial charge < -0.3 is 14.8 Å². The number of aryl methyl sites for hydroxylation is 1. The Balaban J connectivity index is 1.52. The number of benzene rings is 1. The van der Waals surface area contributed by atoms with Crippen molar-refractivity contribution in [2.24, 2.45) is 17.9 Å². The van der Waals surface area contributed by atoms with E-state index in [9.17, 15) is 4.79 Å². The molecule has 1 fully saturated rings. The maximum atomic E-state index is 13.4. The van der Waals surface area contributed by atoms with Crippen LogP contribution in [-0.2, 0) is 11.8 Å². The Morgan fingerprint density at radius 2 is 1.82 bits per heavy atom. The zero-order chi connectivity index (χ0) is 23.8. The Labute approximate surface area is 197 Å². The number of likely N-dealkylation sites (tertiary alicyclic amines) is 1. The van der Waals surface area contributed by atoms with Crippen LogP contribution in [0.2, 0.25) is 0 Å². The molecule has 1 saturated heterocycles. The van der Waals surface area contributed by atoms with Crippen molar-refractivity contribution in [1.29, 1.82) is 0 Å². The number of fused-ring (bicyclic) bond motifs is 1. The number of carbonyl (C=O) groups is 1. The smallest absolute Gasteiger partial charge is 0.231 e. The van der Waals surface area contributed by atoms with Gasteiger partial charge in [-0.2, -0.15) is 0 Å². The first-order chi connectivity index (χ1) is 15.6. The molecule has 0 radical (unpaired) electrons. The van der Waals surface area contributed by atoms with Gasteiger partial charge in [-0.25, -0.2) is 9.97 Å². The normalized spacial score (nSPS) is 16.8. The van der Waals surface area contributed by atoms with E-state index in [0.717, 1.165) is 66.8 Å². The van der Waals surface area contributed by atoms with E-state index >= 15 is 0 Å². The van der Waals surface area contributed by atoms with E-state index in [1.54, 1.807) is 0 Å². The summed E-state index contributed by atoms with van der Waals surface area (Å²) in [4.78, 5) is 24.8. The number of aromatic nitrogens is 3. The molecule has 1 aliphatic heterocycles. The number of nitrogens with one attached hydrogen (secondary N) is 1. The van der Waals surface area contributed by atoms with Crippen LogP contribution in [0.4, 0.5) is 5.82 Å². The number of imidazole rings is 1. The molecule has 33 heavy (non-hydrogen) atoms. The average molecular weight is 448 g/mol. The summed E-state index contributed by atoms with van der Waals surface area (Å²) >= 11 is 0. The van der Waals surface area contributed by atoms with Crippen LogP contribution in [0.15, 0.2) is 36.7 Å². The molecule has 0 saturated carbocycles. The van der Waals surface area contributed by atoms with E-state index in [-0.39, 0.29) is 16.7 Å². The summed E-state index contributed by atoms with van der Waals surface area (Å²) in [7, 11) is 2.02. The second-order valence-electron chi connectivity index (χ2n) is 10.8. The summed E-state index contributed by atoms with van der Waals surface area (Å²) in [6.07, 6.45) is 6.37. The second kappa shape index (κ2) is 8.90. The number of pyridine rings is 1. The van der Waals surface area contributed by atoms with Crippen molar-refractivity contribution >= 4 is 22.5 Å². The maximum absolute atomic E-state index is 13.4. The highest BCUT2D eigenvalue weighted by molar-refractivity contribution is 5.97. The monoisotopic (exact) mass is 447 g/mol. The highest BCUT2D eigenvalue weighted by Gasteiger charge is 2.40. The standard InChI is InChI=1S/C27H37N5O/c1-7-27(10-12-32(13-11-27)18-26(3,4)5)25(33)30-24-15-22-14-20(8-9-21(22)16-29-24)23-17-28-19(2)31(23)6/h8-9,14-17H,7,10-13,18H2,1-6H3,(H,29,30,33). The highest BCUT2D eigenvalue weighted by atomic mass is 16.2. The Bertz CT molecular complexity index is 1150. The maximum Gasteiger partial charge on any atom is 0.231 e. The first-order valence-electron chi connectivity index (χ1n) is 12.0. The first-order valence-corrected chi connectivity index (χ1v) is 12.0. The van der Waals surface area contributed by atoms with Gasteiger partial charge in [0, 0.05) is 30.7 Å². The number of nitrogens with zero attached hydrogens (tertiary/aromatic N) is 4. The Morgan fingerprint density at radius 1 is 1.09 bits per heavy atom. The Hall–Kier alpha value is -2.73. The fraction of sp³-hybridized carbons (Fsp3) is 0.519. The summed E-state index contributed by atoms with van der Waals surface area (Å²) in [6, 6.07) is 8.29. The summed E-state index contributed by atoms with van der Waals surface area (Å²) in [5.41, 5.74) is 2.13. The number of amides is 1. The summed E-state index contributed by atoms with van der Waals surface area (Å²) in [5, 5.41) is 5.26. The minimum absolute atomic E-state index is 0.102. The molecule has 1 aromatic carbocycles. The molecule has 0 unspecified atom stereocenters. The van der Waals surface area contributed by atoms with E-state index in [2.05, 4.69) is 70.6 Å². The molecular weight excluding hydrogens is 410 g/mol. The fourth-order valence-corrected chi connectivity index (χ4v) is 4.94. The minimum atomic E-state index is -0.320. The molecule has 1 N–H and O–H groups in total. The summed E-state index contributed by atoms with van der Waals surface area (Å²) in [6.45, 7) is 14.0. The van der Waals surface area contributed by atoms with E-state index in [4.69, 9.17) is 0 Å². The molecule has 3 heterocycles. The van der Waals surface area contributed by atoms with E-state index in [1.165, 1.54) is 0 Å². The third-order valence-electron chi connectivity index (χ3n) is 7.15. The van der Waals surface area contributed by atoms with Crippen LogP contribution >= 0.6 is 0 Å². The van der Waals surface area contributed by atoms with Gasteiger partial charge in [-0.1, -0.05) is 39.8 Å². The van der Waals surface area contributed by atoms with Gasteiger partial charge >= 0.3 is 0 Å². The van der Waals surface area contributed by atoms with Crippen LogP contribution in [0.3, 0.4) is 0 Å². The van der Waals surface area contributed by atoms with Crippen molar-refractivity contribution in [3.63, 3.8) is 0 Å². The number of hydrogen-bond acceptors (Lipinski definition) is 4. The van der Waals surface area contributed by atoms with Crippen molar-refractivity contribution in [3.05, 3.63) is 42.5 Å². The fourth-order valence-electron chi connectivity index (χ4n) is 4.94. The van der Waals surface area contributed by atoms with Crippen molar-refractivity contribution in [1.82, 2.24) is 19.4 Å². The second-order valence-corrected chi connectivity index (χ2v) is 10.8. The van der Waals surface area contributed by atoms with Crippen LogP contribution in [0, 0.1) is 17.8 Å². The van der Waals surface area contributed by atoms with Crippen LogP contribution in [0.25, 0.3) is 22.0 Å². The number of hydrogen-bond donors (Lipinski definition) is 1. The third kappa shape index (κ3) is 4.96. The van der Waals surface area contributed by atoms with Gasteiger partial charge in [-0.15, -0.1) is 0 Å². The molecule has 176 valence electrons. The van der Waals surface area contributed by atoms with Crippen LogP contribution < -0.4 is 5.32 Å². The van der Waals surface area contributed by atoms with Gasteiger partial charge in [-0.05, 0) is 62.2 Å². The highest BCUT2D eigenvalue weighted by Crippen LogP contribution is 2.37. The van der Waals surface area contributed by atoms with E-state index in [1.807, 2.05) is 32.4 Å². The topological polar surface area (TPSA) is 63.1 Å². The Kier molecular flexibility index (Phi) is 6.32. The number of piperidine rings is 1. The van der Waals surface area contributed by atoms with Gasteiger partial charge in [0.25, 0.3) is 0 Å². The molecule has 2 aromatic heterocycles. The van der Waals surface area contributed by atoms with Gasteiger partial charge in [0.1, 0.15) is 11.6 Å². The lowest BCUT2D eigenvalue weighted by molar-refractivity contribution is -0.128. The minimum Gasteiger partial charge on any atom is -0.331 e. The Morgan fingerprint density at radius 3 is 2.42 bits per heavy atom. The van der Waals surface area contributed by atoms with Crippen LogP contribution in [-0.4, -0.2) is 45.0 Å². The summed E-state index contributed by atoms with van der Waals surface area (Å²) in [5.74, 6) is 1.70. The number of anilines is 1. The molecule has 0 atom stereocenters. The predicted octanol–water partition coefficient (Wildman–Crippen LogP) is 5.42. The molecule has 1 aliphatic rings. The lowest BCUT2D eigenvalue weighted by Crippen LogP contribution is -2.48. The van der Waals surface area contributed by atoms with Gasteiger partial charge in [-0.3, -0.25) is 4.79 Å². The van der Waals surface area contributed by atoms with Gasteiger partial charge in [0.2, 0.25) is 5.91 Å². The van der Waals surface area contributed by atoms with Crippen molar-refractivity contribution in [2.45, 2.75) is 53.9 Å². The molecule has 3 aromatic rings. The third-order valence-corrected chi connectivity index (χ3v) is 7.15. The predicted molar refractivity (Wildman–Crippen MR) is 135 cm³/mol. The number of rotatable bonds is 5. The van der Waals surface area contributed by atoms with Gasteiger partial charge in [0.15, 0.2) is 0 Å². The molecule has 6 heteroatoms. The molecule has 1 amide bonds. The van der Waals surface area contributed by atoms with Crippen molar-refractivity contribution in [2.75, 3.05) is 25.0 Å². The lowest BCUT2D eigenvalue weighted by Gasteiger charge is -2.42.